The van der Waals surface area contributed by atoms with E-state index in [1.54, 1.807) is 0 Å². The first-order valence-electron chi connectivity index (χ1n) is 9.17. The molecule has 1 fully saturated rings. The van der Waals surface area contributed by atoms with E-state index in [1.165, 1.54) is 5.56 Å². The third-order valence-electron chi connectivity index (χ3n) is 4.88. The molecule has 1 atom stereocenters. The molecule has 0 spiro atoms. The van der Waals surface area contributed by atoms with E-state index in [4.69, 9.17) is 6.42 Å². The molecule has 0 aromatic heterocycles. The van der Waals surface area contributed by atoms with Gasteiger partial charge in [0, 0.05) is 24.0 Å². The highest BCUT2D eigenvalue weighted by molar-refractivity contribution is 5.78. The number of rotatable bonds is 7. The molecule has 1 saturated heterocycles. The molecule has 1 heterocycles. The lowest BCUT2D eigenvalue weighted by Gasteiger charge is -2.33. The van der Waals surface area contributed by atoms with Gasteiger partial charge in [0.25, 0.3) is 0 Å². The second kappa shape index (κ2) is 9.03. The zero-order chi connectivity index (χ0) is 18.3. The molecule has 0 radical (unpaired) electrons. The Bertz CT molecular complexity index is 583. The number of carbonyl (C=O) groups excluding carboxylic acids is 1. The molecule has 136 valence electrons. The van der Waals surface area contributed by atoms with Crippen LogP contribution in [0.4, 0.5) is 0 Å². The Kier molecular flexibility index (Phi) is 7.04. The second-order valence-corrected chi connectivity index (χ2v) is 7.63. The Labute approximate surface area is 152 Å². The maximum atomic E-state index is 12.5. The lowest BCUT2D eigenvalue weighted by molar-refractivity contribution is -0.126. The van der Waals surface area contributed by atoms with Gasteiger partial charge >= 0.3 is 0 Å². The van der Waals surface area contributed by atoms with Gasteiger partial charge in [-0.05, 0) is 52.3 Å². The minimum absolute atomic E-state index is 0.108. The number of carbonyl (C=O) groups is 1. The van der Waals surface area contributed by atoms with Crippen LogP contribution in [0.2, 0.25) is 0 Å². The zero-order valence-electron chi connectivity index (χ0n) is 15.7. The van der Waals surface area contributed by atoms with Crippen LogP contribution in [0.25, 0.3) is 0 Å². The van der Waals surface area contributed by atoms with Gasteiger partial charge in [-0.25, -0.2) is 0 Å². The van der Waals surface area contributed by atoms with Crippen LogP contribution in [-0.2, 0) is 4.79 Å². The molecule has 2 rings (SSSR count). The van der Waals surface area contributed by atoms with Crippen molar-refractivity contribution in [3.63, 3.8) is 0 Å². The monoisotopic (exact) mass is 341 g/mol. The average molecular weight is 341 g/mol. The molecule has 0 aliphatic carbocycles. The van der Waals surface area contributed by atoms with Crippen LogP contribution >= 0.6 is 0 Å². The first-order chi connectivity index (χ1) is 11.9. The zero-order valence-corrected chi connectivity index (χ0v) is 15.7. The molecule has 1 aliphatic rings. The number of nitrogens with one attached hydrogen (secondary N) is 2. The van der Waals surface area contributed by atoms with E-state index < -0.39 is 0 Å². The molecular weight excluding hydrogens is 310 g/mol. The smallest absolute Gasteiger partial charge is 0.223 e. The quantitative estimate of drug-likeness (QED) is 0.749. The van der Waals surface area contributed by atoms with Crippen LogP contribution < -0.4 is 10.6 Å². The largest absolute Gasteiger partial charge is 0.354 e. The summed E-state index contributed by atoms with van der Waals surface area (Å²) in [5.41, 5.74) is 1.08. The van der Waals surface area contributed by atoms with Gasteiger partial charge in [0.15, 0.2) is 0 Å². The van der Waals surface area contributed by atoms with E-state index >= 15 is 0 Å². The molecule has 1 amide bonds. The first kappa shape index (κ1) is 19.5. The van der Waals surface area contributed by atoms with Crippen molar-refractivity contribution >= 4 is 5.91 Å². The fraction of sp³-hybridized carbons (Fsp3) is 0.571. The number of benzene rings is 1. The lowest BCUT2D eigenvalue weighted by Crippen LogP contribution is -2.51. The molecule has 1 aliphatic heterocycles. The number of nitrogens with zero attached hydrogens (tertiary/aromatic N) is 1. The van der Waals surface area contributed by atoms with Crippen LogP contribution in [0, 0.1) is 18.3 Å². The van der Waals surface area contributed by atoms with E-state index in [1.807, 2.05) is 6.07 Å². The van der Waals surface area contributed by atoms with E-state index in [0.29, 0.717) is 13.1 Å². The predicted molar refractivity (Wildman–Crippen MR) is 103 cm³/mol. The normalized spacial score (nSPS) is 17.7. The first-order valence-corrected chi connectivity index (χ1v) is 9.17. The van der Waals surface area contributed by atoms with Gasteiger partial charge in [-0.15, -0.1) is 6.42 Å². The fourth-order valence-corrected chi connectivity index (χ4v) is 3.40. The molecule has 1 aromatic carbocycles. The van der Waals surface area contributed by atoms with Crippen molar-refractivity contribution < 1.29 is 4.79 Å². The van der Waals surface area contributed by atoms with Gasteiger partial charge < -0.3 is 10.6 Å². The van der Waals surface area contributed by atoms with E-state index in [9.17, 15) is 4.79 Å². The molecule has 2 N–H and O–H groups in total. The SMILES string of the molecule is C#CCN1CCC(C(=O)NCC(C)(C)N[C@@H](C)c2ccccc2)CC1. The highest BCUT2D eigenvalue weighted by Crippen LogP contribution is 2.18. The Morgan fingerprint density at radius 2 is 1.96 bits per heavy atom. The highest BCUT2D eigenvalue weighted by atomic mass is 16.1. The predicted octanol–water partition coefficient (Wildman–Crippen LogP) is 2.58. The summed E-state index contributed by atoms with van der Waals surface area (Å²) in [6.07, 6.45) is 7.13. The van der Waals surface area contributed by atoms with Gasteiger partial charge in [0.1, 0.15) is 0 Å². The second-order valence-electron chi connectivity index (χ2n) is 7.63. The summed E-state index contributed by atoms with van der Waals surface area (Å²) in [4.78, 5) is 14.7. The van der Waals surface area contributed by atoms with Crippen LogP contribution in [0.1, 0.15) is 45.2 Å². The average Bonchev–Trinajstić information content (AvgIpc) is 2.61. The molecular formula is C21H31N3O. The minimum Gasteiger partial charge on any atom is -0.354 e. The Hall–Kier alpha value is -1.83. The summed E-state index contributed by atoms with van der Waals surface area (Å²) < 4.78 is 0. The third-order valence-corrected chi connectivity index (χ3v) is 4.88. The van der Waals surface area contributed by atoms with Gasteiger partial charge in [0.2, 0.25) is 5.91 Å². The number of hydrogen-bond acceptors (Lipinski definition) is 3. The summed E-state index contributed by atoms with van der Waals surface area (Å²) >= 11 is 0. The van der Waals surface area contributed by atoms with Crippen molar-refractivity contribution in [1.29, 1.82) is 0 Å². The number of hydrogen-bond donors (Lipinski definition) is 2. The van der Waals surface area contributed by atoms with Crippen LogP contribution in [0.15, 0.2) is 30.3 Å². The van der Waals surface area contributed by atoms with Crippen molar-refractivity contribution in [1.82, 2.24) is 15.5 Å². The van der Waals surface area contributed by atoms with Gasteiger partial charge in [-0.3, -0.25) is 9.69 Å². The molecule has 0 saturated carbocycles. The maximum Gasteiger partial charge on any atom is 0.223 e. The van der Waals surface area contributed by atoms with Crippen LogP contribution in [0.3, 0.4) is 0 Å². The number of amides is 1. The third kappa shape index (κ3) is 6.19. The topological polar surface area (TPSA) is 44.4 Å². The molecule has 4 heteroatoms. The molecule has 4 nitrogen and oxygen atoms in total. The maximum absolute atomic E-state index is 12.5. The molecule has 25 heavy (non-hydrogen) atoms. The van der Waals surface area contributed by atoms with E-state index in [-0.39, 0.29) is 23.4 Å². The summed E-state index contributed by atoms with van der Waals surface area (Å²) in [6, 6.07) is 10.6. The van der Waals surface area contributed by atoms with Gasteiger partial charge in [-0.1, -0.05) is 36.3 Å². The summed E-state index contributed by atoms with van der Waals surface area (Å²) in [6.45, 7) is 9.53. The van der Waals surface area contributed by atoms with Gasteiger partial charge in [0.05, 0.1) is 6.54 Å². The number of terminal acetylenes is 1. The van der Waals surface area contributed by atoms with Gasteiger partial charge in [-0.2, -0.15) is 0 Å². The van der Waals surface area contributed by atoms with Crippen molar-refractivity contribution in [2.75, 3.05) is 26.2 Å². The van der Waals surface area contributed by atoms with Crippen molar-refractivity contribution in [3.8, 4) is 12.3 Å². The lowest BCUT2D eigenvalue weighted by atomic mass is 9.95. The Morgan fingerprint density at radius 1 is 1.32 bits per heavy atom. The fourth-order valence-electron chi connectivity index (χ4n) is 3.40. The Morgan fingerprint density at radius 3 is 2.56 bits per heavy atom. The van der Waals surface area contributed by atoms with E-state index in [0.717, 1.165) is 25.9 Å². The van der Waals surface area contributed by atoms with Crippen LogP contribution in [-0.4, -0.2) is 42.5 Å². The van der Waals surface area contributed by atoms with Crippen molar-refractivity contribution in [2.24, 2.45) is 5.92 Å². The van der Waals surface area contributed by atoms with E-state index in [2.05, 4.69) is 66.5 Å². The van der Waals surface area contributed by atoms with Crippen LogP contribution in [0.5, 0.6) is 0 Å². The standard InChI is InChI=1S/C21H31N3O/c1-5-13-24-14-11-19(12-15-24)20(25)22-16-21(3,4)23-17(2)18-9-7-6-8-10-18/h1,6-10,17,19,23H,11-16H2,2-4H3,(H,22,25)/t17-/m0/s1. The Balaban J connectivity index is 1.77. The van der Waals surface area contributed by atoms with Crippen molar-refractivity contribution in [3.05, 3.63) is 35.9 Å². The minimum atomic E-state index is -0.172. The summed E-state index contributed by atoms with van der Waals surface area (Å²) in [7, 11) is 0. The highest BCUT2D eigenvalue weighted by Gasteiger charge is 2.27. The van der Waals surface area contributed by atoms with Crippen molar-refractivity contribution in [2.45, 2.75) is 45.2 Å². The molecule has 1 aromatic rings. The summed E-state index contributed by atoms with van der Waals surface area (Å²) in [5, 5.41) is 6.75. The number of likely N-dealkylation sites (tertiary alicyclic amines) is 1. The summed E-state index contributed by atoms with van der Waals surface area (Å²) in [5.74, 6) is 2.95. The molecule has 0 unspecified atom stereocenters. The molecule has 0 bridgehead atoms. The number of piperidine rings is 1.